The normalized spacial score (nSPS) is 19.9. The number of hydrogen-bond acceptors (Lipinski definition) is 3. The highest BCUT2D eigenvalue weighted by molar-refractivity contribution is 9.10. The number of rotatable bonds is 3. The second-order valence-electron chi connectivity index (χ2n) is 6.80. The molecule has 1 saturated heterocycles. The Bertz CT molecular complexity index is 851. The number of carbonyl (C=O) groups excluding carboxylic acids is 1. The lowest BCUT2D eigenvalue weighted by Gasteiger charge is -2.27. The van der Waals surface area contributed by atoms with Crippen molar-refractivity contribution in [1.29, 1.82) is 0 Å². The Labute approximate surface area is 154 Å². The summed E-state index contributed by atoms with van der Waals surface area (Å²) in [6, 6.07) is 7.47. The highest BCUT2D eigenvalue weighted by Crippen LogP contribution is 2.25. The Balaban J connectivity index is 1.65. The Morgan fingerprint density at radius 2 is 2.04 bits per heavy atom. The second kappa shape index (κ2) is 6.78. The van der Waals surface area contributed by atoms with Gasteiger partial charge in [0.15, 0.2) is 0 Å². The molecule has 1 atom stereocenters. The van der Waals surface area contributed by atoms with E-state index >= 15 is 0 Å². The first kappa shape index (κ1) is 16.6. The van der Waals surface area contributed by atoms with Crippen LogP contribution in [-0.2, 0) is 17.8 Å². The monoisotopic (exact) mass is 404 g/mol. The molecular formula is C18H21BrN4O2. The van der Waals surface area contributed by atoms with Crippen LogP contribution in [0.15, 0.2) is 33.5 Å². The summed E-state index contributed by atoms with van der Waals surface area (Å²) >= 11 is 3.45. The van der Waals surface area contributed by atoms with E-state index in [1.54, 1.807) is 4.57 Å². The van der Waals surface area contributed by atoms with Crippen molar-refractivity contribution < 1.29 is 4.79 Å². The van der Waals surface area contributed by atoms with Crippen LogP contribution >= 0.6 is 15.9 Å². The predicted octanol–water partition coefficient (Wildman–Crippen LogP) is 2.36. The van der Waals surface area contributed by atoms with Gasteiger partial charge in [0.1, 0.15) is 11.9 Å². The molecule has 2 aliphatic rings. The van der Waals surface area contributed by atoms with Crippen molar-refractivity contribution in [1.82, 2.24) is 19.2 Å². The first-order valence-corrected chi connectivity index (χ1v) is 9.64. The van der Waals surface area contributed by atoms with Crippen LogP contribution in [0.3, 0.4) is 0 Å². The molecule has 1 aromatic heterocycles. The molecule has 6 nitrogen and oxygen atoms in total. The molecule has 1 unspecified atom stereocenters. The lowest BCUT2D eigenvalue weighted by atomic mass is 10.0. The quantitative estimate of drug-likeness (QED) is 0.788. The number of benzene rings is 1. The number of halogens is 1. The SMILES string of the molecule is O=C(C1CCCc2nn(Cc3cccc(Br)c3)c(=O)n21)N1CCCC1. The largest absolute Gasteiger partial charge is 0.346 e. The third-order valence-corrected chi connectivity index (χ3v) is 5.55. The van der Waals surface area contributed by atoms with E-state index in [4.69, 9.17) is 0 Å². The van der Waals surface area contributed by atoms with Gasteiger partial charge in [0.25, 0.3) is 0 Å². The van der Waals surface area contributed by atoms with Crippen molar-refractivity contribution in [2.45, 2.75) is 44.7 Å². The lowest BCUT2D eigenvalue weighted by molar-refractivity contribution is -0.134. The zero-order chi connectivity index (χ0) is 17.4. The van der Waals surface area contributed by atoms with Gasteiger partial charge in [0, 0.05) is 24.0 Å². The summed E-state index contributed by atoms with van der Waals surface area (Å²) in [6.07, 6.45) is 4.50. The number of hydrogen-bond donors (Lipinski definition) is 0. The number of nitrogens with zero attached hydrogens (tertiary/aromatic N) is 4. The van der Waals surface area contributed by atoms with E-state index in [0.717, 1.165) is 61.1 Å². The van der Waals surface area contributed by atoms with Crippen molar-refractivity contribution in [3.05, 3.63) is 50.6 Å². The van der Waals surface area contributed by atoms with Crippen LogP contribution in [-0.4, -0.2) is 38.2 Å². The maximum Gasteiger partial charge on any atom is 0.346 e. The first-order chi connectivity index (χ1) is 12.1. The highest BCUT2D eigenvalue weighted by atomic mass is 79.9. The van der Waals surface area contributed by atoms with Crippen molar-refractivity contribution in [3.63, 3.8) is 0 Å². The Kier molecular flexibility index (Phi) is 4.50. The zero-order valence-electron chi connectivity index (χ0n) is 14.0. The van der Waals surface area contributed by atoms with Crippen molar-refractivity contribution >= 4 is 21.8 Å². The zero-order valence-corrected chi connectivity index (χ0v) is 15.6. The average molecular weight is 405 g/mol. The summed E-state index contributed by atoms with van der Waals surface area (Å²) in [7, 11) is 0. The molecule has 2 aliphatic heterocycles. The van der Waals surface area contributed by atoms with Gasteiger partial charge in [0.05, 0.1) is 6.54 Å². The maximum absolute atomic E-state index is 12.9. The molecular weight excluding hydrogens is 384 g/mol. The standard InChI is InChI=1S/C18H21BrN4O2/c19-14-6-3-5-13(11-14)12-22-18(25)23-15(7-4-8-16(23)20-22)17(24)21-9-1-2-10-21/h3,5-6,11,15H,1-2,4,7-10,12H2. The van der Waals surface area contributed by atoms with Gasteiger partial charge < -0.3 is 4.90 Å². The highest BCUT2D eigenvalue weighted by Gasteiger charge is 2.34. The Hall–Kier alpha value is -1.89. The van der Waals surface area contributed by atoms with Crippen LogP contribution in [0.25, 0.3) is 0 Å². The number of carbonyl (C=O) groups is 1. The number of aryl methyl sites for hydroxylation is 1. The van der Waals surface area contributed by atoms with Crippen molar-refractivity contribution in [3.8, 4) is 0 Å². The van der Waals surface area contributed by atoms with Crippen molar-refractivity contribution in [2.24, 2.45) is 0 Å². The van der Waals surface area contributed by atoms with Crippen LogP contribution in [0, 0.1) is 0 Å². The predicted molar refractivity (Wildman–Crippen MR) is 97.5 cm³/mol. The fraction of sp³-hybridized carbons (Fsp3) is 0.500. The van der Waals surface area contributed by atoms with E-state index in [2.05, 4.69) is 21.0 Å². The molecule has 7 heteroatoms. The molecule has 3 heterocycles. The minimum absolute atomic E-state index is 0.0857. The summed E-state index contributed by atoms with van der Waals surface area (Å²) in [4.78, 5) is 27.7. The smallest absolute Gasteiger partial charge is 0.341 e. The van der Waals surface area contributed by atoms with Crippen LogP contribution in [0.1, 0.15) is 43.1 Å². The number of likely N-dealkylation sites (tertiary alicyclic amines) is 1. The maximum atomic E-state index is 12.9. The molecule has 132 valence electrons. The number of aromatic nitrogens is 3. The summed E-state index contributed by atoms with van der Waals surface area (Å²) in [5, 5.41) is 4.52. The minimum Gasteiger partial charge on any atom is -0.341 e. The molecule has 4 rings (SSSR count). The third-order valence-electron chi connectivity index (χ3n) is 5.05. The van der Waals surface area contributed by atoms with E-state index < -0.39 is 0 Å². The number of amides is 1. The third kappa shape index (κ3) is 3.17. The van der Waals surface area contributed by atoms with Gasteiger partial charge >= 0.3 is 5.69 Å². The molecule has 1 fully saturated rings. The molecule has 1 amide bonds. The lowest BCUT2D eigenvalue weighted by Crippen LogP contribution is -2.41. The summed E-state index contributed by atoms with van der Waals surface area (Å²) in [6.45, 7) is 2.04. The van der Waals surface area contributed by atoms with Gasteiger partial charge in [0.2, 0.25) is 5.91 Å². The van der Waals surface area contributed by atoms with Crippen LogP contribution in [0.5, 0.6) is 0 Å². The molecule has 0 aliphatic carbocycles. The van der Waals surface area contributed by atoms with Gasteiger partial charge in [-0.25, -0.2) is 9.48 Å². The Morgan fingerprint density at radius 1 is 1.24 bits per heavy atom. The van der Waals surface area contributed by atoms with E-state index in [1.165, 1.54) is 4.68 Å². The first-order valence-electron chi connectivity index (χ1n) is 8.85. The molecule has 0 spiro atoms. The van der Waals surface area contributed by atoms with E-state index in [9.17, 15) is 9.59 Å². The molecule has 0 N–H and O–H groups in total. The van der Waals surface area contributed by atoms with Crippen molar-refractivity contribution in [2.75, 3.05) is 13.1 Å². The summed E-state index contributed by atoms with van der Waals surface area (Å²) in [5.41, 5.74) is 0.835. The van der Waals surface area contributed by atoms with E-state index in [1.807, 2.05) is 29.2 Å². The van der Waals surface area contributed by atoms with E-state index in [-0.39, 0.29) is 17.6 Å². The van der Waals surface area contributed by atoms with E-state index in [0.29, 0.717) is 6.54 Å². The van der Waals surface area contributed by atoms with Gasteiger partial charge in [-0.3, -0.25) is 9.36 Å². The second-order valence-corrected chi connectivity index (χ2v) is 7.71. The average Bonchev–Trinajstić information content (AvgIpc) is 3.24. The molecule has 25 heavy (non-hydrogen) atoms. The molecule has 0 bridgehead atoms. The van der Waals surface area contributed by atoms with Crippen LogP contribution in [0.4, 0.5) is 0 Å². The van der Waals surface area contributed by atoms with Gasteiger partial charge in [-0.05, 0) is 43.4 Å². The van der Waals surface area contributed by atoms with Gasteiger partial charge in [-0.1, -0.05) is 28.1 Å². The summed E-state index contributed by atoms with van der Waals surface area (Å²) < 4.78 is 4.11. The topological polar surface area (TPSA) is 60.1 Å². The van der Waals surface area contributed by atoms with Gasteiger partial charge in [-0.15, -0.1) is 0 Å². The molecule has 1 aromatic carbocycles. The molecule has 2 aromatic rings. The fourth-order valence-corrected chi connectivity index (χ4v) is 4.27. The molecule has 0 saturated carbocycles. The van der Waals surface area contributed by atoms with Crippen LogP contribution < -0.4 is 5.69 Å². The van der Waals surface area contributed by atoms with Gasteiger partial charge in [-0.2, -0.15) is 5.10 Å². The molecule has 0 radical (unpaired) electrons. The Morgan fingerprint density at radius 3 is 2.80 bits per heavy atom. The fourth-order valence-electron chi connectivity index (χ4n) is 3.82. The van der Waals surface area contributed by atoms with Crippen LogP contribution in [0.2, 0.25) is 0 Å². The number of fused-ring (bicyclic) bond motifs is 1. The minimum atomic E-state index is -0.384. The summed E-state index contributed by atoms with van der Waals surface area (Å²) in [5.74, 6) is 0.825.